The molecule has 94 valence electrons. The number of carboxylic acid groups (broad SMARTS) is 1. The van der Waals surface area contributed by atoms with E-state index in [0.717, 1.165) is 0 Å². The molecule has 0 spiro atoms. The quantitative estimate of drug-likeness (QED) is 0.776. The Balaban J connectivity index is 2.62. The normalized spacial score (nSPS) is 12.2. The minimum absolute atomic E-state index is 0.0600. The molecule has 17 heavy (non-hydrogen) atoms. The standard InChI is InChI=1S/C11H14FNO4/c1-16-7-2-3-8(9(12)4-7)10(13)5-17-6-11(14)15/h2-4,10H,5-6,13H2,1H3,(H,14,15). The van der Waals surface area contributed by atoms with Gasteiger partial charge in [0.15, 0.2) is 0 Å². The van der Waals surface area contributed by atoms with E-state index in [-0.39, 0.29) is 12.2 Å². The molecule has 0 aliphatic carbocycles. The number of methoxy groups -OCH3 is 1. The van der Waals surface area contributed by atoms with E-state index in [1.807, 2.05) is 0 Å². The van der Waals surface area contributed by atoms with Crippen molar-refractivity contribution in [3.05, 3.63) is 29.6 Å². The number of hydrogen-bond donors (Lipinski definition) is 2. The zero-order valence-corrected chi connectivity index (χ0v) is 9.35. The maximum atomic E-state index is 13.5. The molecule has 0 aliphatic rings. The first-order valence-electron chi connectivity index (χ1n) is 4.93. The van der Waals surface area contributed by atoms with Gasteiger partial charge in [-0.15, -0.1) is 0 Å². The summed E-state index contributed by atoms with van der Waals surface area (Å²) >= 11 is 0. The zero-order valence-electron chi connectivity index (χ0n) is 9.35. The van der Waals surface area contributed by atoms with Gasteiger partial charge in [-0.25, -0.2) is 9.18 Å². The number of rotatable bonds is 6. The number of hydrogen-bond acceptors (Lipinski definition) is 4. The molecule has 0 amide bonds. The molecule has 0 heterocycles. The molecule has 1 aromatic rings. The lowest BCUT2D eigenvalue weighted by molar-refractivity contribution is -0.142. The van der Waals surface area contributed by atoms with Crippen molar-refractivity contribution in [2.75, 3.05) is 20.3 Å². The summed E-state index contributed by atoms with van der Waals surface area (Å²) in [6.07, 6.45) is 0. The summed E-state index contributed by atoms with van der Waals surface area (Å²) in [4.78, 5) is 10.2. The Morgan fingerprint density at radius 1 is 1.59 bits per heavy atom. The minimum Gasteiger partial charge on any atom is -0.497 e. The Morgan fingerprint density at radius 2 is 2.29 bits per heavy atom. The van der Waals surface area contributed by atoms with Gasteiger partial charge < -0.3 is 20.3 Å². The molecule has 0 aliphatic heterocycles. The fourth-order valence-corrected chi connectivity index (χ4v) is 1.30. The summed E-state index contributed by atoms with van der Waals surface area (Å²) < 4.78 is 23.2. The summed E-state index contributed by atoms with van der Waals surface area (Å²) in [6, 6.07) is 3.57. The van der Waals surface area contributed by atoms with Crippen LogP contribution in [0.15, 0.2) is 18.2 Å². The van der Waals surface area contributed by atoms with Gasteiger partial charge in [0, 0.05) is 11.6 Å². The number of nitrogens with two attached hydrogens (primary N) is 1. The second kappa shape index (κ2) is 6.17. The lowest BCUT2D eigenvalue weighted by Gasteiger charge is -2.13. The van der Waals surface area contributed by atoms with Crippen LogP contribution in [0.25, 0.3) is 0 Å². The topological polar surface area (TPSA) is 81.8 Å². The van der Waals surface area contributed by atoms with E-state index in [0.29, 0.717) is 5.75 Å². The van der Waals surface area contributed by atoms with E-state index in [2.05, 4.69) is 0 Å². The van der Waals surface area contributed by atoms with Gasteiger partial charge in [0.2, 0.25) is 0 Å². The molecule has 1 atom stereocenters. The van der Waals surface area contributed by atoms with Crippen molar-refractivity contribution in [1.82, 2.24) is 0 Å². The predicted molar refractivity (Wildman–Crippen MR) is 58.3 cm³/mol. The Morgan fingerprint density at radius 3 is 2.82 bits per heavy atom. The highest BCUT2D eigenvalue weighted by molar-refractivity contribution is 5.67. The molecule has 0 radical (unpaired) electrons. The van der Waals surface area contributed by atoms with Crippen LogP contribution in [0.2, 0.25) is 0 Å². The van der Waals surface area contributed by atoms with Gasteiger partial charge in [-0.05, 0) is 6.07 Å². The molecule has 6 heteroatoms. The minimum atomic E-state index is -1.09. The van der Waals surface area contributed by atoms with Gasteiger partial charge in [0.05, 0.1) is 19.8 Å². The molecular weight excluding hydrogens is 229 g/mol. The summed E-state index contributed by atoms with van der Waals surface area (Å²) in [5.41, 5.74) is 5.94. The maximum absolute atomic E-state index is 13.5. The van der Waals surface area contributed by atoms with Crippen LogP contribution in [0.1, 0.15) is 11.6 Å². The van der Waals surface area contributed by atoms with Crippen molar-refractivity contribution in [2.24, 2.45) is 5.73 Å². The molecule has 0 bridgehead atoms. The summed E-state index contributed by atoms with van der Waals surface area (Å²) in [6.45, 7) is -0.513. The fraction of sp³-hybridized carbons (Fsp3) is 0.364. The largest absolute Gasteiger partial charge is 0.497 e. The van der Waals surface area contributed by atoms with E-state index < -0.39 is 24.4 Å². The van der Waals surface area contributed by atoms with Crippen molar-refractivity contribution < 1.29 is 23.8 Å². The Bertz CT molecular complexity index is 397. The van der Waals surface area contributed by atoms with Gasteiger partial charge in [0.1, 0.15) is 18.2 Å². The number of ether oxygens (including phenoxy) is 2. The summed E-state index contributed by atoms with van der Waals surface area (Å²) in [5.74, 6) is -1.20. The third-order valence-corrected chi connectivity index (χ3v) is 2.13. The van der Waals surface area contributed by atoms with Crippen molar-refractivity contribution in [1.29, 1.82) is 0 Å². The molecule has 0 saturated carbocycles. The molecule has 1 rings (SSSR count). The molecule has 0 fully saturated rings. The first-order chi connectivity index (χ1) is 8.04. The van der Waals surface area contributed by atoms with Crippen molar-refractivity contribution >= 4 is 5.97 Å². The van der Waals surface area contributed by atoms with E-state index in [1.165, 1.54) is 19.2 Å². The number of halogens is 1. The third-order valence-electron chi connectivity index (χ3n) is 2.13. The van der Waals surface area contributed by atoms with Crippen molar-refractivity contribution in [3.63, 3.8) is 0 Å². The van der Waals surface area contributed by atoms with Gasteiger partial charge in [0.25, 0.3) is 0 Å². The van der Waals surface area contributed by atoms with E-state index in [1.54, 1.807) is 6.07 Å². The Kier molecular flexibility index (Phi) is 4.86. The Labute approximate surface area is 97.9 Å². The van der Waals surface area contributed by atoms with E-state index >= 15 is 0 Å². The molecule has 1 unspecified atom stereocenters. The number of carboxylic acids is 1. The van der Waals surface area contributed by atoms with Crippen molar-refractivity contribution in [3.8, 4) is 5.75 Å². The van der Waals surface area contributed by atoms with Gasteiger partial charge in [-0.2, -0.15) is 0 Å². The monoisotopic (exact) mass is 243 g/mol. The van der Waals surface area contributed by atoms with Gasteiger partial charge in [-0.3, -0.25) is 0 Å². The average molecular weight is 243 g/mol. The predicted octanol–water partition coefficient (Wildman–Crippen LogP) is 0.935. The van der Waals surface area contributed by atoms with Crippen LogP contribution in [0.5, 0.6) is 5.75 Å². The third kappa shape index (κ3) is 4.01. The molecule has 0 saturated heterocycles. The van der Waals surface area contributed by atoms with Crippen molar-refractivity contribution in [2.45, 2.75) is 6.04 Å². The van der Waals surface area contributed by atoms with Gasteiger partial charge in [-0.1, -0.05) is 6.07 Å². The lowest BCUT2D eigenvalue weighted by Crippen LogP contribution is -2.20. The van der Waals surface area contributed by atoms with E-state index in [9.17, 15) is 9.18 Å². The number of benzene rings is 1. The Hall–Kier alpha value is -1.66. The van der Waals surface area contributed by atoms with Gasteiger partial charge >= 0.3 is 5.97 Å². The van der Waals surface area contributed by atoms with Crippen LogP contribution in [-0.4, -0.2) is 31.4 Å². The first kappa shape index (κ1) is 13.4. The average Bonchev–Trinajstić information content (AvgIpc) is 2.28. The second-order valence-electron chi connectivity index (χ2n) is 3.40. The first-order valence-corrected chi connectivity index (χ1v) is 4.93. The fourth-order valence-electron chi connectivity index (χ4n) is 1.30. The number of carbonyl (C=O) groups is 1. The highest BCUT2D eigenvalue weighted by atomic mass is 19.1. The molecule has 3 N–H and O–H groups in total. The summed E-state index contributed by atoms with van der Waals surface area (Å²) in [5, 5.41) is 8.36. The lowest BCUT2D eigenvalue weighted by atomic mass is 10.1. The van der Waals surface area contributed by atoms with Crippen LogP contribution >= 0.6 is 0 Å². The molecular formula is C11H14FNO4. The second-order valence-corrected chi connectivity index (χ2v) is 3.40. The maximum Gasteiger partial charge on any atom is 0.329 e. The molecule has 5 nitrogen and oxygen atoms in total. The van der Waals surface area contributed by atoms with E-state index in [4.69, 9.17) is 20.3 Å². The van der Waals surface area contributed by atoms with Crippen LogP contribution in [0, 0.1) is 5.82 Å². The van der Waals surface area contributed by atoms with Crippen LogP contribution in [0.3, 0.4) is 0 Å². The SMILES string of the molecule is COc1ccc(C(N)COCC(=O)O)c(F)c1. The van der Waals surface area contributed by atoms with Crippen LogP contribution < -0.4 is 10.5 Å². The number of aliphatic carboxylic acids is 1. The smallest absolute Gasteiger partial charge is 0.329 e. The highest BCUT2D eigenvalue weighted by Crippen LogP contribution is 2.20. The highest BCUT2D eigenvalue weighted by Gasteiger charge is 2.13. The molecule has 1 aromatic carbocycles. The van der Waals surface area contributed by atoms with Crippen LogP contribution in [0.4, 0.5) is 4.39 Å². The zero-order chi connectivity index (χ0) is 12.8. The molecule has 0 aromatic heterocycles. The summed E-state index contributed by atoms with van der Waals surface area (Å²) in [7, 11) is 1.43. The van der Waals surface area contributed by atoms with Crippen LogP contribution in [-0.2, 0) is 9.53 Å².